The zero-order valence-corrected chi connectivity index (χ0v) is 19.2. The van der Waals surface area contributed by atoms with E-state index >= 15 is 0 Å². The molecular weight excluding hydrogens is 445 g/mol. The number of aryl methyl sites for hydroxylation is 3. The highest BCUT2D eigenvalue weighted by Crippen LogP contribution is 2.33. The molecule has 0 aliphatic carbocycles. The van der Waals surface area contributed by atoms with Gasteiger partial charge in [0.1, 0.15) is 5.82 Å². The van der Waals surface area contributed by atoms with Crippen molar-refractivity contribution in [2.24, 2.45) is 7.05 Å². The van der Waals surface area contributed by atoms with Gasteiger partial charge in [0.15, 0.2) is 5.69 Å². The molecular formula is C23H22FN5O3S. The van der Waals surface area contributed by atoms with Crippen molar-refractivity contribution in [3.63, 3.8) is 0 Å². The Morgan fingerprint density at radius 1 is 1.00 bits per heavy atom. The Morgan fingerprint density at radius 2 is 1.67 bits per heavy atom. The predicted octanol–water partition coefficient (Wildman–Crippen LogP) is 3.64. The Bertz CT molecular complexity index is 1440. The van der Waals surface area contributed by atoms with Crippen LogP contribution in [0.15, 0.2) is 51.8 Å². The first-order chi connectivity index (χ1) is 15.7. The van der Waals surface area contributed by atoms with Crippen molar-refractivity contribution in [2.45, 2.75) is 31.7 Å². The number of rotatable bonds is 4. The zero-order chi connectivity index (χ0) is 23.3. The third-order valence-electron chi connectivity index (χ3n) is 5.76. The number of fused-ring (bicyclic) bond motifs is 1. The average Bonchev–Trinajstić information content (AvgIpc) is 3.38. The Morgan fingerprint density at radius 3 is 2.36 bits per heavy atom. The molecule has 2 aromatic heterocycles. The fourth-order valence-corrected chi connectivity index (χ4v) is 5.80. The van der Waals surface area contributed by atoms with Gasteiger partial charge in [-0.25, -0.2) is 12.8 Å². The summed E-state index contributed by atoms with van der Waals surface area (Å²) < 4.78 is 49.0. The lowest BCUT2D eigenvalue weighted by Gasteiger charge is -2.27. The summed E-state index contributed by atoms with van der Waals surface area (Å²) in [6.45, 7) is 4.27. The van der Waals surface area contributed by atoms with Gasteiger partial charge in [0.2, 0.25) is 15.9 Å². The van der Waals surface area contributed by atoms with E-state index in [4.69, 9.17) is 4.42 Å². The van der Waals surface area contributed by atoms with Crippen molar-refractivity contribution < 1.29 is 17.2 Å². The second kappa shape index (κ2) is 7.89. The van der Waals surface area contributed by atoms with Gasteiger partial charge in [-0.05, 0) is 61.4 Å². The number of hydrogen-bond donors (Lipinski definition) is 0. The molecule has 0 N–H and O–H groups in total. The average molecular weight is 468 g/mol. The first-order valence-electron chi connectivity index (χ1n) is 10.5. The molecule has 8 nitrogen and oxygen atoms in total. The van der Waals surface area contributed by atoms with Crippen LogP contribution in [0.3, 0.4) is 0 Å². The molecule has 170 valence electrons. The normalized spacial score (nSPS) is 14.4. The second-order valence-corrected chi connectivity index (χ2v) is 10.2. The summed E-state index contributed by atoms with van der Waals surface area (Å²) in [7, 11) is -1.87. The molecule has 2 aromatic carbocycles. The maximum Gasteiger partial charge on any atom is 0.268 e. The van der Waals surface area contributed by atoms with Crippen LogP contribution in [0.5, 0.6) is 0 Å². The van der Waals surface area contributed by atoms with Crippen LogP contribution >= 0.6 is 0 Å². The lowest BCUT2D eigenvalue weighted by molar-refractivity contribution is 0.386. The summed E-state index contributed by atoms with van der Waals surface area (Å²) in [5, 5.41) is 12.7. The van der Waals surface area contributed by atoms with Gasteiger partial charge in [0.25, 0.3) is 5.89 Å². The minimum Gasteiger partial charge on any atom is -0.415 e. The molecule has 0 unspecified atom stereocenters. The van der Waals surface area contributed by atoms with Gasteiger partial charge in [-0.15, -0.1) is 10.2 Å². The second-order valence-electron chi connectivity index (χ2n) is 8.23. The first kappa shape index (κ1) is 21.5. The molecule has 33 heavy (non-hydrogen) atoms. The first-order valence-corrected chi connectivity index (χ1v) is 11.9. The number of benzene rings is 2. The van der Waals surface area contributed by atoms with E-state index in [-0.39, 0.29) is 29.0 Å². The van der Waals surface area contributed by atoms with Gasteiger partial charge in [-0.1, -0.05) is 6.07 Å². The highest BCUT2D eigenvalue weighted by atomic mass is 32.2. The van der Waals surface area contributed by atoms with Crippen LogP contribution in [0.1, 0.15) is 22.4 Å². The molecule has 0 radical (unpaired) electrons. The lowest BCUT2D eigenvalue weighted by Crippen LogP contribution is -2.36. The number of aromatic nitrogens is 4. The van der Waals surface area contributed by atoms with Crippen molar-refractivity contribution in [1.29, 1.82) is 0 Å². The summed E-state index contributed by atoms with van der Waals surface area (Å²) >= 11 is 0. The fourth-order valence-electron chi connectivity index (χ4n) is 4.20. The van der Waals surface area contributed by atoms with E-state index in [9.17, 15) is 12.8 Å². The quantitative estimate of drug-likeness (QED) is 0.455. The topological polar surface area (TPSA) is 94.1 Å². The van der Waals surface area contributed by atoms with Gasteiger partial charge < -0.3 is 4.42 Å². The minimum atomic E-state index is -3.69. The van der Waals surface area contributed by atoms with Crippen LogP contribution < -0.4 is 0 Å². The summed E-state index contributed by atoms with van der Waals surface area (Å²) in [5.41, 5.74) is 4.50. The van der Waals surface area contributed by atoms with Gasteiger partial charge in [-0.2, -0.15) is 9.40 Å². The molecule has 1 aliphatic heterocycles. The smallest absolute Gasteiger partial charge is 0.268 e. The molecule has 0 fully saturated rings. The summed E-state index contributed by atoms with van der Waals surface area (Å²) in [6, 6.07) is 11.1. The maximum atomic E-state index is 13.4. The van der Waals surface area contributed by atoms with E-state index < -0.39 is 10.0 Å². The van der Waals surface area contributed by atoms with E-state index in [2.05, 4.69) is 15.3 Å². The van der Waals surface area contributed by atoms with Gasteiger partial charge in [-0.3, -0.25) is 4.68 Å². The van der Waals surface area contributed by atoms with E-state index in [0.29, 0.717) is 24.2 Å². The molecule has 4 aromatic rings. The van der Waals surface area contributed by atoms with E-state index in [1.807, 2.05) is 27.0 Å². The molecule has 0 bridgehead atoms. The molecule has 0 atom stereocenters. The minimum absolute atomic E-state index is 0.155. The predicted molar refractivity (Wildman–Crippen MR) is 119 cm³/mol. The fraction of sp³-hybridized carbons (Fsp3) is 0.261. The third kappa shape index (κ3) is 3.85. The van der Waals surface area contributed by atoms with Crippen molar-refractivity contribution >= 4 is 10.0 Å². The van der Waals surface area contributed by atoms with Crippen LogP contribution in [0.4, 0.5) is 4.39 Å². The monoisotopic (exact) mass is 467 g/mol. The standard InChI is InChI=1S/C23H22FN5O3S/c1-14-10-15(2)12-18(11-14)33(30,31)29-9-8-20-19(13-29)21(27-28(20)3)23-26-25-22(32-23)16-4-6-17(24)7-5-16/h4-7,10-12H,8-9,13H2,1-3H3. The van der Waals surface area contributed by atoms with Crippen LogP contribution in [0.25, 0.3) is 23.0 Å². The van der Waals surface area contributed by atoms with Crippen molar-refractivity contribution in [3.05, 3.63) is 70.7 Å². The summed E-state index contributed by atoms with van der Waals surface area (Å²) in [4.78, 5) is 0.283. The van der Waals surface area contributed by atoms with Crippen LogP contribution in [0.2, 0.25) is 0 Å². The zero-order valence-electron chi connectivity index (χ0n) is 18.4. The maximum absolute atomic E-state index is 13.4. The van der Waals surface area contributed by atoms with E-state index in [0.717, 1.165) is 22.4 Å². The van der Waals surface area contributed by atoms with Gasteiger partial charge in [0.05, 0.1) is 4.90 Å². The van der Waals surface area contributed by atoms with Gasteiger partial charge in [0, 0.05) is 43.4 Å². The van der Waals surface area contributed by atoms with Gasteiger partial charge >= 0.3 is 0 Å². The Labute approximate surface area is 190 Å². The number of hydrogen-bond acceptors (Lipinski definition) is 6. The summed E-state index contributed by atoms with van der Waals surface area (Å²) in [6.07, 6.45) is 0.516. The highest BCUT2D eigenvalue weighted by molar-refractivity contribution is 7.89. The molecule has 10 heteroatoms. The summed E-state index contributed by atoms with van der Waals surface area (Å²) in [5.74, 6) is 0.0686. The number of halogens is 1. The number of nitrogens with zero attached hydrogens (tertiary/aromatic N) is 5. The largest absolute Gasteiger partial charge is 0.415 e. The molecule has 0 saturated heterocycles. The Kier molecular flexibility index (Phi) is 5.13. The van der Waals surface area contributed by atoms with E-state index in [1.165, 1.54) is 16.4 Å². The Balaban J connectivity index is 1.50. The number of sulfonamides is 1. The van der Waals surface area contributed by atoms with Crippen molar-refractivity contribution in [1.82, 2.24) is 24.3 Å². The molecule has 5 rings (SSSR count). The van der Waals surface area contributed by atoms with Crippen molar-refractivity contribution in [2.75, 3.05) is 6.54 Å². The Hall–Kier alpha value is -3.37. The SMILES string of the molecule is Cc1cc(C)cc(S(=O)(=O)N2CCc3c(c(-c4nnc(-c5ccc(F)cc5)o4)nn3C)C2)c1. The molecule has 0 amide bonds. The van der Waals surface area contributed by atoms with Crippen LogP contribution in [0, 0.1) is 19.7 Å². The lowest BCUT2D eigenvalue weighted by atomic mass is 10.1. The van der Waals surface area contributed by atoms with Crippen LogP contribution in [-0.2, 0) is 30.0 Å². The van der Waals surface area contributed by atoms with Crippen LogP contribution in [-0.4, -0.2) is 39.2 Å². The molecule has 3 heterocycles. The highest BCUT2D eigenvalue weighted by Gasteiger charge is 2.33. The van der Waals surface area contributed by atoms with E-state index in [1.54, 1.807) is 28.9 Å². The van der Waals surface area contributed by atoms with Crippen molar-refractivity contribution in [3.8, 4) is 23.0 Å². The molecule has 0 spiro atoms. The third-order valence-corrected chi connectivity index (χ3v) is 7.58. The molecule has 1 aliphatic rings. The molecule has 0 saturated carbocycles.